The number of nitrogens with zero attached hydrogens (tertiary/aromatic N) is 5. The fraction of sp³-hybridized carbons (Fsp3) is 0.765. The van der Waals surface area contributed by atoms with Crippen molar-refractivity contribution in [2.75, 3.05) is 44.6 Å². The van der Waals surface area contributed by atoms with Gasteiger partial charge in [0.1, 0.15) is 11.7 Å². The van der Waals surface area contributed by atoms with Crippen LogP contribution in [0.1, 0.15) is 25.5 Å². The number of piperazine rings is 1. The Hall–Kier alpha value is -2.20. The van der Waals surface area contributed by atoms with E-state index in [1.54, 1.807) is 14.0 Å². The molecule has 2 saturated heterocycles. The molecule has 0 aromatic carbocycles. The van der Waals surface area contributed by atoms with Crippen molar-refractivity contribution in [3.8, 4) is 0 Å². The molecule has 1 aromatic heterocycles. The number of nitrogens with one attached hydrogen (secondary N) is 2. The van der Waals surface area contributed by atoms with Crippen molar-refractivity contribution in [1.82, 2.24) is 24.9 Å². The van der Waals surface area contributed by atoms with Crippen LogP contribution in [-0.4, -0.2) is 81.8 Å². The molecular formula is C17H29N7O3. The van der Waals surface area contributed by atoms with E-state index in [4.69, 9.17) is 0 Å². The molecule has 3 heterocycles. The van der Waals surface area contributed by atoms with E-state index in [0.29, 0.717) is 18.2 Å². The topological polar surface area (TPSA) is 109 Å². The van der Waals surface area contributed by atoms with Crippen LogP contribution in [0.15, 0.2) is 0 Å². The average Bonchev–Trinajstić information content (AvgIpc) is 3.24. The molecule has 2 aliphatic rings. The molecule has 2 N–H and O–H groups in total. The Balaban J connectivity index is 1.68. The van der Waals surface area contributed by atoms with Gasteiger partial charge in [-0.3, -0.25) is 19.8 Å². The smallest absolute Gasteiger partial charge is 0.333 e. The largest absolute Gasteiger partial charge is 0.353 e. The first-order valence-electron chi connectivity index (χ1n) is 9.60. The minimum Gasteiger partial charge on any atom is -0.353 e. The molecule has 150 valence electrons. The van der Waals surface area contributed by atoms with Crippen molar-refractivity contribution < 1.29 is 9.72 Å². The normalized spacial score (nSPS) is 22.0. The van der Waals surface area contributed by atoms with Crippen LogP contribution >= 0.6 is 0 Å². The summed E-state index contributed by atoms with van der Waals surface area (Å²) in [5.74, 6) is 0.291. The van der Waals surface area contributed by atoms with Gasteiger partial charge in [0.25, 0.3) is 0 Å². The van der Waals surface area contributed by atoms with Gasteiger partial charge < -0.3 is 15.5 Å². The number of anilines is 1. The Bertz CT molecular complexity index is 699. The lowest BCUT2D eigenvalue weighted by atomic mass is 10.2. The molecule has 0 bridgehead atoms. The lowest BCUT2D eigenvalue weighted by Crippen LogP contribution is -2.50. The van der Waals surface area contributed by atoms with Crippen LogP contribution in [0.3, 0.4) is 0 Å². The highest BCUT2D eigenvalue weighted by atomic mass is 16.6. The van der Waals surface area contributed by atoms with E-state index in [-0.39, 0.29) is 17.4 Å². The maximum atomic E-state index is 13.0. The third kappa shape index (κ3) is 4.06. The highest BCUT2D eigenvalue weighted by molar-refractivity contribution is 5.85. The average molecular weight is 379 g/mol. The van der Waals surface area contributed by atoms with Gasteiger partial charge in [0, 0.05) is 52.4 Å². The molecule has 2 unspecified atom stereocenters. The van der Waals surface area contributed by atoms with Crippen molar-refractivity contribution in [3.63, 3.8) is 0 Å². The Labute approximate surface area is 159 Å². The first-order chi connectivity index (χ1) is 12.9. The van der Waals surface area contributed by atoms with E-state index in [0.717, 1.165) is 45.7 Å². The molecule has 2 fully saturated rings. The van der Waals surface area contributed by atoms with Crippen LogP contribution in [-0.2, 0) is 11.8 Å². The van der Waals surface area contributed by atoms with E-state index in [1.807, 2.05) is 11.8 Å². The molecule has 10 heteroatoms. The molecule has 2 atom stereocenters. The predicted octanol–water partition coefficient (Wildman–Crippen LogP) is 0.333. The zero-order valence-electron chi connectivity index (χ0n) is 16.3. The summed E-state index contributed by atoms with van der Waals surface area (Å²) in [6, 6.07) is -0.0953. The molecule has 0 spiro atoms. The summed E-state index contributed by atoms with van der Waals surface area (Å²) in [6.45, 7) is 8.99. The molecule has 0 aliphatic carbocycles. The summed E-state index contributed by atoms with van der Waals surface area (Å²) in [5, 5.41) is 21.9. The molecular weight excluding hydrogens is 350 g/mol. The highest BCUT2D eigenvalue weighted by Gasteiger charge is 2.35. The van der Waals surface area contributed by atoms with E-state index >= 15 is 0 Å². The van der Waals surface area contributed by atoms with Crippen LogP contribution in [0.2, 0.25) is 0 Å². The minimum absolute atomic E-state index is 0.00304. The summed E-state index contributed by atoms with van der Waals surface area (Å²) in [5.41, 5.74) is 0.274. The zero-order chi connectivity index (χ0) is 19.6. The molecule has 2 aliphatic heterocycles. The minimum atomic E-state index is -0.500. The first kappa shape index (κ1) is 19.6. The molecule has 27 heavy (non-hydrogen) atoms. The number of hydrogen-bond donors (Lipinski definition) is 2. The Morgan fingerprint density at radius 2 is 2.11 bits per heavy atom. The number of amides is 1. The SMILES string of the molecule is CCC(Nc1c([N+](=O)[O-])c(C)nn1C)C(=O)N1CCC(N2CCNCC2)C1. The summed E-state index contributed by atoms with van der Waals surface area (Å²) >= 11 is 0. The van der Waals surface area contributed by atoms with E-state index in [1.165, 1.54) is 4.68 Å². The van der Waals surface area contributed by atoms with Gasteiger partial charge in [-0.05, 0) is 19.8 Å². The van der Waals surface area contributed by atoms with Crippen LogP contribution in [0.25, 0.3) is 0 Å². The monoisotopic (exact) mass is 379 g/mol. The molecule has 0 radical (unpaired) electrons. The number of likely N-dealkylation sites (tertiary alicyclic amines) is 1. The quantitative estimate of drug-likeness (QED) is 0.542. The number of nitro groups is 1. The summed E-state index contributed by atoms with van der Waals surface area (Å²) in [7, 11) is 1.65. The standard InChI is InChI=1S/C17H29N7O3/c1-4-14(19-16-15(24(26)27)12(2)20-21(16)3)17(25)23-8-5-13(11-23)22-9-6-18-7-10-22/h13-14,18-19H,4-11H2,1-3H3. The van der Waals surface area contributed by atoms with Gasteiger partial charge in [0.05, 0.1) is 4.92 Å². The lowest BCUT2D eigenvalue weighted by Gasteiger charge is -2.32. The maximum absolute atomic E-state index is 13.0. The molecule has 1 aromatic rings. The van der Waals surface area contributed by atoms with Crippen LogP contribution < -0.4 is 10.6 Å². The van der Waals surface area contributed by atoms with Crippen molar-refractivity contribution in [3.05, 3.63) is 15.8 Å². The lowest BCUT2D eigenvalue weighted by molar-refractivity contribution is -0.384. The summed E-state index contributed by atoms with van der Waals surface area (Å²) in [4.78, 5) is 28.3. The number of carbonyl (C=O) groups is 1. The molecule has 3 rings (SSSR count). The fourth-order valence-electron chi connectivity index (χ4n) is 4.04. The van der Waals surface area contributed by atoms with Crippen molar-refractivity contribution in [1.29, 1.82) is 0 Å². The van der Waals surface area contributed by atoms with Crippen molar-refractivity contribution >= 4 is 17.4 Å². The highest BCUT2D eigenvalue weighted by Crippen LogP contribution is 2.29. The van der Waals surface area contributed by atoms with E-state index in [2.05, 4.69) is 20.6 Å². The fourth-order valence-corrected chi connectivity index (χ4v) is 4.04. The summed E-state index contributed by atoms with van der Waals surface area (Å²) in [6.07, 6.45) is 1.53. The number of aromatic nitrogens is 2. The van der Waals surface area contributed by atoms with Gasteiger partial charge in [0.15, 0.2) is 0 Å². The second kappa shape index (κ2) is 8.22. The second-order valence-electron chi connectivity index (χ2n) is 7.28. The van der Waals surface area contributed by atoms with E-state index < -0.39 is 11.0 Å². The van der Waals surface area contributed by atoms with Gasteiger partial charge >= 0.3 is 5.69 Å². The maximum Gasteiger partial charge on any atom is 0.333 e. The summed E-state index contributed by atoms with van der Waals surface area (Å²) < 4.78 is 1.44. The number of aryl methyl sites for hydroxylation is 2. The van der Waals surface area contributed by atoms with Gasteiger partial charge in [-0.15, -0.1) is 0 Å². The number of carbonyl (C=O) groups excluding carboxylic acids is 1. The zero-order valence-corrected chi connectivity index (χ0v) is 16.3. The Morgan fingerprint density at radius 1 is 1.41 bits per heavy atom. The molecule has 10 nitrogen and oxygen atoms in total. The molecule has 0 saturated carbocycles. The van der Waals surface area contributed by atoms with Gasteiger partial charge in [0.2, 0.25) is 11.7 Å². The van der Waals surface area contributed by atoms with Crippen molar-refractivity contribution in [2.24, 2.45) is 7.05 Å². The third-order valence-corrected chi connectivity index (χ3v) is 5.53. The predicted molar refractivity (Wildman–Crippen MR) is 102 cm³/mol. The third-order valence-electron chi connectivity index (χ3n) is 5.53. The van der Waals surface area contributed by atoms with E-state index in [9.17, 15) is 14.9 Å². The Morgan fingerprint density at radius 3 is 2.74 bits per heavy atom. The molecule has 1 amide bonds. The first-order valence-corrected chi connectivity index (χ1v) is 9.60. The van der Waals surface area contributed by atoms with Gasteiger partial charge in [-0.2, -0.15) is 5.10 Å². The van der Waals surface area contributed by atoms with Gasteiger partial charge in [-0.25, -0.2) is 4.68 Å². The number of rotatable bonds is 6. The Kier molecular flexibility index (Phi) is 5.95. The second-order valence-corrected chi connectivity index (χ2v) is 7.28. The van der Waals surface area contributed by atoms with Crippen LogP contribution in [0, 0.1) is 17.0 Å². The number of hydrogen-bond acceptors (Lipinski definition) is 7. The van der Waals surface area contributed by atoms with Crippen LogP contribution in [0.4, 0.5) is 11.5 Å². The van der Waals surface area contributed by atoms with Crippen molar-refractivity contribution in [2.45, 2.75) is 38.8 Å². The van der Waals surface area contributed by atoms with Gasteiger partial charge in [-0.1, -0.05) is 6.92 Å². The van der Waals surface area contributed by atoms with Crippen LogP contribution in [0.5, 0.6) is 0 Å².